The molecule has 198 valence electrons. The van der Waals surface area contributed by atoms with Crippen molar-refractivity contribution < 1.29 is 27.5 Å². The van der Waals surface area contributed by atoms with E-state index < -0.39 is 28.5 Å². The molecule has 0 aliphatic heterocycles. The second kappa shape index (κ2) is 13.7. The number of unbranched alkanes of at least 4 members (excludes halogenated alkanes) is 1. The summed E-state index contributed by atoms with van der Waals surface area (Å²) in [6.07, 6.45) is 3.29. The summed E-state index contributed by atoms with van der Waals surface area (Å²) in [6, 6.07) is 13.5. The Labute approximate surface area is 214 Å². The van der Waals surface area contributed by atoms with Gasteiger partial charge >= 0.3 is 0 Å². The van der Waals surface area contributed by atoms with Crippen molar-refractivity contribution in [2.24, 2.45) is 0 Å². The molecule has 36 heavy (non-hydrogen) atoms. The van der Waals surface area contributed by atoms with Gasteiger partial charge in [-0.1, -0.05) is 43.7 Å². The topological polar surface area (TPSA) is 105 Å². The number of carbonyl (C=O) groups is 2. The molecule has 0 saturated heterocycles. The molecular weight excluding hydrogens is 482 g/mol. The maximum absolute atomic E-state index is 13.6. The van der Waals surface area contributed by atoms with Crippen LogP contribution in [0.15, 0.2) is 48.5 Å². The van der Waals surface area contributed by atoms with Crippen LogP contribution in [0.2, 0.25) is 0 Å². The van der Waals surface area contributed by atoms with E-state index in [1.807, 2.05) is 37.3 Å². The van der Waals surface area contributed by atoms with Crippen molar-refractivity contribution in [3.8, 4) is 11.5 Å². The number of hydrogen-bond acceptors (Lipinski definition) is 6. The van der Waals surface area contributed by atoms with Gasteiger partial charge in [-0.15, -0.1) is 0 Å². The Kier molecular flexibility index (Phi) is 11.0. The van der Waals surface area contributed by atoms with Crippen molar-refractivity contribution in [1.29, 1.82) is 0 Å². The maximum atomic E-state index is 13.6. The Morgan fingerprint density at radius 1 is 1.06 bits per heavy atom. The summed E-state index contributed by atoms with van der Waals surface area (Å²) in [5.41, 5.74) is 1.18. The Hall–Kier alpha value is -3.27. The molecule has 1 unspecified atom stereocenters. The third kappa shape index (κ3) is 8.15. The van der Waals surface area contributed by atoms with Crippen LogP contribution in [0.1, 0.15) is 32.3 Å². The largest absolute Gasteiger partial charge is 0.497 e. The van der Waals surface area contributed by atoms with Gasteiger partial charge in [0.25, 0.3) is 0 Å². The number of nitrogens with one attached hydrogen (secondary N) is 1. The summed E-state index contributed by atoms with van der Waals surface area (Å²) in [5.74, 6) is -0.0965. The van der Waals surface area contributed by atoms with Gasteiger partial charge in [0.1, 0.15) is 24.1 Å². The zero-order chi connectivity index (χ0) is 26.7. The van der Waals surface area contributed by atoms with Crippen molar-refractivity contribution >= 4 is 27.5 Å². The van der Waals surface area contributed by atoms with Crippen molar-refractivity contribution in [3.63, 3.8) is 0 Å². The quantitative estimate of drug-likeness (QED) is 0.385. The molecule has 0 saturated carbocycles. The molecule has 0 spiro atoms. The number of anilines is 1. The molecule has 0 aliphatic rings. The highest BCUT2D eigenvalue weighted by Crippen LogP contribution is 2.33. The second-order valence-corrected chi connectivity index (χ2v) is 10.4. The maximum Gasteiger partial charge on any atom is 0.244 e. The van der Waals surface area contributed by atoms with Crippen LogP contribution < -0.4 is 19.1 Å². The normalized spacial score (nSPS) is 11.9. The molecular formula is C26H37N3O6S. The highest BCUT2D eigenvalue weighted by atomic mass is 32.2. The Bertz CT molecular complexity index is 1110. The fourth-order valence-electron chi connectivity index (χ4n) is 3.69. The Morgan fingerprint density at radius 2 is 1.75 bits per heavy atom. The van der Waals surface area contributed by atoms with Gasteiger partial charge in [-0.05, 0) is 37.5 Å². The van der Waals surface area contributed by atoms with Gasteiger partial charge in [0, 0.05) is 19.2 Å². The molecule has 0 heterocycles. The van der Waals surface area contributed by atoms with E-state index in [1.165, 1.54) is 25.2 Å². The lowest BCUT2D eigenvalue weighted by molar-refractivity contribution is -0.138. The lowest BCUT2D eigenvalue weighted by Gasteiger charge is -2.32. The molecule has 2 rings (SSSR count). The molecule has 0 aliphatic carbocycles. The Balaban J connectivity index is 2.37. The first kappa shape index (κ1) is 29.0. The number of nitrogens with zero attached hydrogens (tertiary/aromatic N) is 2. The lowest BCUT2D eigenvalue weighted by atomic mass is 10.1. The van der Waals surface area contributed by atoms with E-state index in [1.54, 1.807) is 19.1 Å². The average Bonchev–Trinajstić information content (AvgIpc) is 2.86. The van der Waals surface area contributed by atoms with Crippen LogP contribution in [0.25, 0.3) is 0 Å². The molecule has 1 N–H and O–H groups in total. The molecule has 9 nitrogen and oxygen atoms in total. The summed E-state index contributed by atoms with van der Waals surface area (Å²) < 4.78 is 37.2. The first-order valence-corrected chi connectivity index (χ1v) is 13.8. The monoisotopic (exact) mass is 519 g/mol. The van der Waals surface area contributed by atoms with Crippen LogP contribution in [-0.2, 0) is 26.0 Å². The van der Waals surface area contributed by atoms with Gasteiger partial charge in [-0.2, -0.15) is 0 Å². The van der Waals surface area contributed by atoms with E-state index >= 15 is 0 Å². The minimum absolute atomic E-state index is 0.177. The molecule has 2 aromatic carbocycles. The summed E-state index contributed by atoms with van der Waals surface area (Å²) in [6.45, 7) is 3.94. The number of amides is 2. The van der Waals surface area contributed by atoms with Crippen molar-refractivity contribution in [1.82, 2.24) is 10.2 Å². The molecule has 0 fully saturated rings. The number of methoxy groups -OCH3 is 2. The highest BCUT2D eigenvalue weighted by molar-refractivity contribution is 7.92. The van der Waals surface area contributed by atoms with Crippen LogP contribution in [0, 0.1) is 0 Å². The van der Waals surface area contributed by atoms with E-state index in [9.17, 15) is 18.0 Å². The van der Waals surface area contributed by atoms with Gasteiger partial charge < -0.3 is 19.7 Å². The SMILES string of the molecule is CCCCNC(=O)C(C)N(CCc1ccccc1)C(=O)CN(c1cc(OC)ccc1OC)S(C)(=O)=O. The zero-order valence-corrected chi connectivity index (χ0v) is 22.5. The van der Waals surface area contributed by atoms with Crippen LogP contribution in [-0.4, -0.2) is 71.3 Å². The van der Waals surface area contributed by atoms with E-state index in [-0.39, 0.29) is 23.9 Å². The van der Waals surface area contributed by atoms with Crippen LogP contribution in [0.4, 0.5) is 5.69 Å². The van der Waals surface area contributed by atoms with E-state index in [0.717, 1.165) is 29.0 Å². The van der Waals surface area contributed by atoms with Gasteiger partial charge in [-0.25, -0.2) is 8.42 Å². The van der Waals surface area contributed by atoms with Crippen LogP contribution >= 0.6 is 0 Å². The number of hydrogen-bond donors (Lipinski definition) is 1. The summed E-state index contributed by atoms with van der Waals surface area (Å²) in [5, 5.41) is 2.86. The lowest BCUT2D eigenvalue weighted by Crippen LogP contribution is -2.52. The van der Waals surface area contributed by atoms with E-state index in [4.69, 9.17) is 9.47 Å². The molecule has 0 aromatic heterocycles. The predicted octanol–water partition coefficient (Wildman–Crippen LogP) is 2.85. The minimum atomic E-state index is -3.89. The fourth-order valence-corrected chi connectivity index (χ4v) is 4.54. The van der Waals surface area contributed by atoms with Gasteiger partial charge in [-0.3, -0.25) is 13.9 Å². The molecule has 2 aromatic rings. The molecule has 1 atom stereocenters. The summed E-state index contributed by atoms with van der Waals surface area (Å²) >= 11 is 0. The Morgan fingerprint density at radius 3 is 2.33 bits per heavy atom. The molecule has 0 bridgehead atoms. The van der Waals surface area contributed by atoms with E-state index in [0.29, 0.717) is 18.7 Å². The van der Waals surface area contributed by atoms with Gasteiger partial charge in [0.15, 0.2) is 0 Å². The highest BCUT2D eigenvalue weighted by Gasteiger charge is 2.31. The third-order valence-corrected chi connectivity index (χ3v) is 6.94. The molecule has 10 heteroatoms. The second-order valence-electron chi connectivity index (χ2n) is 8.45. The number of ether oxygens (including phenoxy) is 2. The average molecular weight is 520 g/mol. The van der Waals surface area contributed by atoms with Crippen molar-refractivity contribution in [3.05, 3.63) is 54.1 Å². The first-order valence-electron chi connectivity index (χ1n) is 11.9. The van der Waals surface area contributed by atoms with Crippen molar-refractivity contribution in [2.45, 2.75) is 39.2 Å². The number of sulfonamides is 1. The van der Waals surface area contributed by atoms with Crippen molar-refractivity contribution in [2.75, 3.05) is 44.4 Å². The predicted molar refractivity (Wildman–Crippen MR) is 141 cm³/mol. The molecule has 0 radical (unpaired) electrons. The van der Waals surface area contributed by atoms with Crippen LogP contribution in [0.5, 0.6) is 11.5 Å². The standard InChI is InChI=1S/C26H37N3O6S/c1-6-7-16-27-26(31)20(2)28(17-15-21-11-9-8-10-12-21)25(30)19-29(36(5,32)33)23-18-22(34-3)13-14-24(23)35-4/h8-14,18,20H,6-7,15-17,19H2,1-5H3,(H,27,31). The third-order valence-electron chi connectivity index (χ3n) is 5.81. The number of benzene rings is 2. The zero-order valence-electron chi connectivity index (χ0n) is 21.7. The van der Waals surface area contributed by atoms with Gasteiger partial charge in [0.2, 0.25) is 21.8 Å². The smallest absolute Gasteiger partial charge is 0.244 e. The fraction of sp³-hybridized carbons (Fsp3) is 0.462. The first-order chi connectivity index (χ1) is 17.1. The number of carbonyl (C=O) groups excluding carboxylic acids is 2. The van der Waals surface area contributed by atoms with Crippen LogP contribution in [0.3, 0.4) is 0 Å². The van der Waals surface area contributed by atoms with E-state index in [2.05, 4.69) is 5.32 Å². The summed E-state index contributed by atoms with van der Waals surface area (Å²) in [4.78, 5) is 27.9. The van der Waals surface area contributed by atoms with Gasteiger partial charge in [0.05, 0.1) is 26.2 Å². The number of rotatable bonds is 14. The summed E-state index contributed by atoms with van der Waals surface area (Å²) in [7, 11) is -1.00. The minimum Gasteiger partial charge on any atom is -0.497 e. The molecule has 2 amide bonds.